The molecule has 0 heterocycles. The van der Waals surface area contributed by atoms with E-state index in [-0.39, 0.29) is 0 Å². The number of aryl methyl sites for hydroxylation is 2. The first-order valence-corrected chi connectivity index (χ1v) is 9.20. The van der Waals surface area contributed by atoms with Crippen LogP contribution in [0, 0.1) is 13.8 Å². The minimum atomic E-state index is 0.769. The fourth-order valence-corrected chi connectivity index (χ4v) is 3.07. The summed E-state index contributed by atoms with van der Waals surface area (Å²) in [4.78, 5) is 6.49. The van der Waals surface area contributed by atoms with Crippen LogP contribution in [-0.2, 0) is 19.5 Å². The summed E-state index contributed by atoms with van der Waals surface area (Å²) in [5.74, 6) is 0.840. The fourth-order valence-electron chi connectivity index (χ4n) is 3.07. The Morgan fingerprint density at radius 1 is 0.885 bits per heavy atom. The molecule has 2 aromatic carbocycles. The fraction of sp³-hybridized carbons (Fsp3) is 0.409. The first kappa shape index (κ1) is 20.0. The van der Waals surface area contributed by atoms with Crippen molar-refractivity contribution in [3.8, 4) is 0 Å². The lowest BCUT2D eigenvalue weighted by atomic mass is 10.1. The number of nitrogens with one attached hydrogen (secondary N) is 2. The van der Waals surface area contributed by atoms with Crippen LogP contribution in [0.3, 0.4) is 0 Å². The van der Waals surface area contributed by atoms with E-state index in [1.54, 1.807) is 0 Å². The van der Waals surface area contributed by atoms with Gasteiger partial charge in [0, 0.05) is 26.7 Å². The predicted octanol–water partition coefficient (Wildman–Crippen LogP) is 3.27. The molecule has 4 nitrogen and oxygen atoms in total. The topological polar surface area (TPSA) is 39.7 Å². The molecule has 0 spiro atoms. The number of nitrogens with zero attached hydrogens (tertiary/aromatic N) is 2. The SMILES string of the molecule is CN=C(NCCc1cc(C)cc(C)c1)NCc1ccc(CN(C)C)cc1. The molecular weight excluding hydrogens is 320 g/mol. The van der Waals surface area contributed by atoms with Gasteiger partial charge in [0.25, 0.3) is 0 Å². The van der Waals surface area contributed by atoms with Crippen LogP contribution in [0.4, 0.5) is 0 Å². The van der Waals surface area contributed by atoms with Crippen molar-refractivity contribution < 1.29 is 0 Å². The van der Waals surface area contributed by atoms with Gasteiger partial charge in [-0.05, 0) is 51.1 Å². The Kier molecular flexibility index (Phi) is 7.67. The second-order valence-corrected chi connectivity index (χ2v) is 7.15. The van der Waals surface area contributed by atoms with Crippen molar-refractivity contribution in [3.05, 3.63) is 70.3 Å². The summed E-state index contributed by atoms with van der Waals surface area (Å²) in [6.45, 7) is 6.90. The maximum Gasteiger partial charge on any atom is 0.191 e. The smallest absolute Gasteiger partial charge is 0.191 e. The van der Waals surface area contributed by atoms with Gasteiger partial charge in [0.05, 0.1) is 0 Å². The minimum Gasteiger partial charge on any atom is -0.356 e. The molecule has 0 radical (unpaired) electrons. The van der Waals surface area contributed by atoms with Crippen LogP contribution in [0.15, 0.2) is 47.5 Å². The van der Waals surface area contributed by atoms with Crippen molar-refractivity contribution in [3.63, 3.8) is 0 Å². The highest BCUT2D eigenvalue weighted by Crippen LogP contribution is 2.09. The Balaban J connectivity index is 1.78. The largest absolute Gasteiger partial charge is 0.356 e. The number of benzene rings is 2. The summed E-state index contributed by atoms with van der Waals surface area (Å²) in [5, 5.41) is 6.78. The van der Waals surface area contributed by atoms with Gasteiger partial charge in [-0.2, -0.15) is 0 Å². The van der Waals surface area contributed by atoms with Gasteiger partial charge >= 0.3 is 0 Å². The highest BCUT2D eigenvalue weighted by molar-refractivity contribution is 5.79. The average Bonchev–Trinajstić information content (AvgIpc) is 2.58. The Morgan fingerprint density at radius 3 is 2.08 bits per heavy atom. The molecular formula is C22H32N4. The lowest BCUT2D eigenvalue weighted by molar-refractivity contribution is 0.402. The number of guanidine groups is 1. The zero-order valence-electron chi connectivity index (χ0n) is 16.8. The molecule has 0 unspecified atom stereocenters. The van der Waals surface area contributed by atoms with E-state index in [1.165, 1.54) is 27.8 Å². The average molecular weight is 353 g/mol. The van der Waals surface area contributed by atoms with Crippen LogP contribution in [0.5, 0.6) is 0 Å². The molecule has 0 atom stereocenters. The Morgan fingerprint density at radius 2 is 1.50 bits per heavy atom. The molecule has 2 rings (SSSR count). The maximum absolute atomic E-state index is 4.31. The molecule has 140 valence electrons. The molecule has 0 aliphatic heterocycles. The molecule has 0 saturated carbocycles. The third-order valence-corrected chi connectivity index (χ3v) is 4.19. The van der Waals surface area contributed by atoms with Gasteiger partial charge in [0.2, 0.25) is 0 Å². The lowest BCUT2D eigenvalue weighted by Crippen LogP contribution is -2.37. The van der Waals surface area contributed by atoms with Crippen molar-refractivity contribution in [2.75, 3.05) is 27.7 Å². The van der Waals surface area contributed by atoms with Crippen molar-refractivity contribution >= 4 is 5.96 Å². The molecule has 4 heteroatoms. The van der Waals surface area contributed by atoms with E-state index in [4.69, 9.17) is 0 Å². The van der Waals surface area contributed by atoms with Gasteiger partial charge in [-0.3, -0.25) is 4.99 Å². The molecule has 0 bridgehead atoms. The van der Waals surface area contributed by atoms with Gasteiger partial charge in [-0.1, -0.05) is 53.6 Å². The van der Waals surface area contributed by atoms with Gasteiger partial charge in [-0.15, -0.1) is 0 Å². The Labute approximate surface area is 158 Å². The summed E-state index contributed by atoms with van der Waals surface area (Å²) in [5.41, 5.74) is 6.59. The highest BCUT2D eigenvalue weighted by atomic mass is 15.2. The lowest BCUT2D eigenvalue weighted by Gasteiger charge is -2.13. The van der Waals surface area contributed by atoms with Gasteiger partial charge in [0.1, 0.15) is 0 Å². The predicted molar refractivity (Wildman–Crippen MR) is 112 cm³/mol. The van der Waals surface area contributed by atoms with Crippen LogP contribution >= 0.6 is 0 Å². The molecule has 0 fully saturated rings. The van der Waals surface area contributed by atoms with E-state index in [0.29, 0.717) is 0 Å². The summed E-state index contributed by atoms with van der Waals surface area (Å²) in [6.07, 6.45) is 0.989. The number of hydrogen-bond acceptors (Lipinski definition) is 2. The van der Waals surface area contributed by atoms with E-state index >= 15 is 0 Å². The third-order valence-electron chi connectivity index (χ3n) is 4.19. The normalized spacial score (nSPS) is 11.7. The molecule has 2 aromatic rings. The first-order chi connectivity index (χ1) is 12.5. The Bertz CT molecular complexity index is 697. The molecule has 0 aliphatic rings. The molecule has 26 heavy (non-hydrogen) atoms. The summed E-state index contributed by atoms with van der Waals surface area (Å²) in [7, 11) is 5.98. The third kappa shape index (κ3) is 6.89. The van der Waals surface area contributed by atoms with Gasteiger partial charge < -0.3 is 15.5 Å². The van der Waals surface area contributed by atoms with Crippen LogP contribution in [-0.4, -0.2) is 38.5 Å². The molecule has 2 N–H and O–H groups in total. The van der Waals surface area contributed by atoms with Gasteiger partial charge in [0.15, 0.2) is 5.96 Å². The summed E-state index contributed by atoms with van der Waals surface area (Å²) in [6, 6.07) is 15.4. The van der Waals surface area contributed by atoms with Crippen molar-refractivity contribution in [1.82, 2.24) is 15.5 Å². The van der Waals surface area contributed by atoms with E-state index in [9.17, 15) is 0 Å². The van der Waals surface area contributed by atoms with Crippen molar-refractivity contribution in [2.45, 2.75) is 33.4 Å². The van der Waals surface area contributed by atoms with E-state index < -0.39 is 0 Å². The van der Waals surface area contributed by atoms with Crippen LogP contribution in [0.25, 0.3) is 0 Å². The zero-order chi connectivity index (χ0) is 18.9. The molecule has 0 saturated heterocycles. The standard InChI is InChI=1S/C22H32N4/c1-17-12-18(2)14-21(13-17)10-11-24-22(23-3)25-15-19-6-8-20(9-7-19)16-26(4)5/h6-9,12-14H,10-11,15-16H2,1-5H3,(H2,23,24,25). The molecule has 0 amide bonds. The van der Waals surface area contributed by atoms with E-state index in [0.717, 1.165) is 32.0 Å². The summed E-state index contributed by atoms with van der Waals surface area (Å²) >= 11 is 0. The van der Waals surface area contributed by atoms with Crippen LogP contribution in [0.1, 0.15) is 27.8 Å². The van der Waals surface area contributed by atoms with Gasteiger partial charge in [-0.25, -0.2) is 0 Å². The van der Waals surface area contributed by atoms with Crippen LogP contribution < -0.4 is 10.6 Å². The maximum atomic E-state index is 4.31. The second-order valence-electron chi connectivity index (χ2n) is 7.15. The number of rotatable bonds is 7. The number of aliphatic imine (C=N–C) groups is 1. The first-order valence-electron chi connectivity index (χ1n) is 9.20. The molecule has 0 aromatic heterocycles. The highest BCUT2D eigenvalue weighted by Gasteiger charge is 2.01. The molecule has 0 aliphatic carbocycles. The Hall–Kier alpha value is -2.33. The van der Waals surface area contributed by atoms with E-state index in [2.05, 4.69) is 90.9 Å². The van der Waals surface area contributed by atoms with Crippen molar-refractivity contribution in [2.24, 2.45) is 4.99 Å². The van der Waals surface area contributed by atoms with Crippen molar-refractivity contribution in [1.29, 1.82) is 0 Å². The quantitative estimate of drug-likeness (QED) is 0.593. The van der Waals surface area contributed by atoms with Crippen LogP contribution in [0.2, 0.25) is 0 Å². The monoisotopic (exact) mass is 352 g/mol. The zero-order valence-corrected chi connectivity index (χ0v) is 16.8. The number of hydrogen-bond donors (Lipinski definition) is 2. The minimum absolute atomic E-state index is 0.769. The van der Waals surface area contributed by atoms with E-state index in [1.807, 2.05) is 7.05 Å². The second kappa shape index (κ2) is 9.97. The summed E-state index contributed by atoms with van der Waals surface area (Å²) < 4.78 is 0.